The number of fused-ring (bicyclic) bond motifs is 9. The molecule has 0 saturated carbocycles. The van der Waals surface area contributed by atoms with Crippen molar-refractivity contribution in [2.75, 3.05) is 10.2 Å². The van der Waals surface area contributed by atoms with E-state index in [9.17, 15) is 0 Å². The molecule has 0 fully saturated rings. The summed E-state index contributed by atoms with van der Waals surface area (Å²) in [5.74, 6) is 0. The highest BCUT2D eigenvalue weighted by Gasteiger charge is 2.37. The Morgan fingerprint density at radius 1 is 0.551 bits per heavy atom. The summed E-state index contributed by atoms with van der Waals surface area (Å²) in [7, 11) is 0. The van der Waals surface area contributed by atoms with E-state index in [4.69, 9.17) is 4.98 Å². The predicted octanol–water partition coefficient (Wildman–Crippen LogP) is 12.7. The van der Waals surface area contributed by atoms with Crippen LogP contribution in [0, 0.1) is 6.92 Å². The van der Waals surface area contributed by atoms with Gasteiger partial charge in [-0.2, -0.15) is 0 Å². The fourth-order valence-electron chi connectivity index (χ4n) is 7.74. The second-order valence-electron chi connectivity index (χ2n) is 12.8. The first-order chi connectivity index (χ1) is 24.2. The van der Waals surface area contributed by atoms with Crippen LogP contribution in [0.2, 0.25) is 0 Å². The molecule has 1 N–H and O–H groups in total. The van der Waals surface area contributed by atoms with Crippen LogP contribution in [-0.2, 0) is 0 Å². The van der Waals surface area contributed by atoms with Crippen LogP contribution in [0.1, 0.15) is 17.4 Å². The van der Waals surface area contributed by atoms with E-state index in [1.165, 1.54) is 70.5 Å². The van der Waals surface area contributed by atoms with Gasteiger partial charge >= 0.3 is 0 Å². The molecular formula is C45H31N3S. The lowest BCUT2D eigenvalue weighted by Crippen LogP contribution is -2.24. The van der Waals surface area contributed by atoms with Gasteiger partial charge in [-0.25, -0.2) is 4.98 Å². The maximum Gasteiger partial charge on any atom is 0.132 e. The van der Waals surface area contributed by atoms with Crippen LogP contribution in [0.4, 0.5) is 17.1 Å². The molecule has 2 aromatic heterocycles. The molecule has 49 heavy (non-hydrogen) atoms. The van der Waals surface area contributed by atoms with Crippen molar-refractivity contribution in [1.29, 1.82) is 0 Å². The monoisotopic (exact) mass is 645 g/mol. The van der Waals surface area contributed by atoms with E-state index >= 15 is 0 Å². The van der Waals surface area contributed by atoms with Crippen LogP contribution in [0.25, 0.3) is 64.1 Å². The number of anilines is 3. The van der Waals surface area contributed by atoms with Crippen LogP contribution in [-0.4, -0.2) is 4.98 Å². The number of nitrogens with one attached hydrogen (secondary N) is 1. The standard InChI is InChI=1S/C45H31N3S/c1-28-23-25-38-37-21-12-22-39(43(37)49-45(38)46-28)44-47-41-35-19-10-8-17-33(35)34-18-9-11-20-36(34)42(41)48(44)40-27-31(29-13-4-2-5-14-29)24-26-32(40)30-15-6-3-7-16-30/h2-27,44,47H,1H3. The largest absolute Gasteiger partial charge is 0.359 e. The van der Waals surface area contributed by atoms with Gasteiger partial charge in [-0.15, -0.1) is 11.3 Å². The number of pyridine rings is 1. The average molecular weight is 646 g/mol. The maximum absolute atomic E-state index is 4.96. The number of hydrogen-bond donors (Lipinski definition) is 1. The maximum atomic E-state index is 4.96. The summed E-state index contributed by atoms with van der Waals surface area (Å²) in [5.41, 5.74) is 10.6. The van der Waals surface area contributed by atoms with Gasteiger partial charge in [0.2, 0.25) is 0 Å². The van der Waals surface area contributed by atoms with Crippen molar-refractivity contribution in [2.45, 2.75) is 13.1 Å². The molecule has 0 bridgehead atoms. The molecule has 0 aliphatic carbocycles. The van der Waals surface area contributed by atoms with Gasteiger partial charge in [-0.3, -0.25) is 0 Å². The molecule has 0 spiro atoms. The number of hydrogen-bond acceptors (Lipinski definition) is 4. The molecule has 7 aromatic carbocycles. The van der Waals surface area contributed by atoms with E-state index in [1.807, 2.05) is 0 Å². The van der Waals surface area contributed by atoms with Gasteiger partial charge in [-0.1, -0.05) is 140 Å². The Labute approximate surface area is 288 Å². The van der Waals surface area contributed by atoms with Gasteiger partial charge < -0.3 is 10.2 Å². The summed E-state index contributed by atoms with van der Waals surface area (Å²) in [6, 6.07) is 57.3. The minimum Gasteiger partial charge on any atom is -0.359 e. The molecule has 1 aliphatic heterocycles. The van der Waals surface area contributed by atoms with Crippen molar-refractivity contribution in [2.24, 2.45) is 0 Å². The molecular weight excluding hydrogens is 615 g/mol. The molecule has 1 atom stereocenters. The highest BCUT2D eigenvalue weighted by atomic mass is 32.1. The zero-order valence-corrected chi connectivity index (χ0v) is 27.7. The number of rotatable bonds is 4. The Hall–Kier alpha value is -5.97. The zero-order chi connectivity index (χ0) is 32.5. The van der Waals surface area contributed by atoms with Crippen molar-refractivity contribution in [3.63, 3.8) is 0 Å². The topological polar surface area (TPSA) is 28.2 Å². The molecule has 3 nitrogen and oxygen atoms in total. The lowest BCUT2D eigenvalue weighted by Gasteiger charge is -2.31. The summed E-state index contributed by atoms with van der Waals surface area (Å²) >= 11 is 1.80. The van der Waals surface area contributed by atoms with Crippen molar-refractivity contribution >= 4 is 70.2 Å². The Morgan fingerprint density at radius 2 is 1.20 bits per heavy atom. The Morgan fingerprint density at radius 3 is 1.98 bits per heavy atom. The van der Waals surface area contributed by atoms with Crippen LogP contribution in [0.5, 0.6) is 0 Å². The van der Waals surface area contributed by atoms with E-state index in [0.29, 0.717) is 0 Å². The SMILES string of the molecule is Cc1ccc2c(n1)sc1c(C3Nc4c(c5ccccc5c5ccccc45)N3c3cc(-c4ccccc4)ccc3-c3ccccc3)cccc12. The first-order valence-corrected chi connectivity index (χ1v) is 17.6. The van der Waals surface area contributed by atoms with Gasteiger partial charge in [0.05, 0.1) is 17.1 Å². The number of nitrogens with zero attached hydrogens (tertiary/aromatic N) is 2. The third kappa shape index (κ3) is 4.38. The quantitative estimate of drug-likeness (QED) is 0.193. The number of aryl methyl sites for hydroxylation is 1. The van der Waals surface area contributed by atoms with Crippen LogP contribution in [0.15, 0.2) is 158 Å². The fraction of sp³-hybridized carbons (Fsp3) is 0.0444. The highest BCUT2D eigenvalue weighted by molar-refractivity contribution is 7.25. The average Bonchev–Trinajstić information content (AvgIpc) is 3.74. The fourth-order valence-corrected chi connectivity index (χ4v) is 8.99. The summed E-state index contributed by atoms with van der Waals surface area (Å²) in [4.78, 5) is 8.62. The van der Waals surface area contributed by atoms with Crippen molar-refractivity contribution < 1.29 is 0 Å². The molecule has 232 valence electrons. The Kier molecular flexibility index (Phi) is 6.33. The molecule has 0 saturated heterocycles. The van der Waals surface area contributed by atoms with E-state index in [2.05, 4.69) is 175 Å². The molecule has 1 aliphatic rings. The molecule has 0 radical (unpaired) electrons. The molecule has 1 unspecified atom stereocenters. The minimum atomic E-state index is -0.171. The molecule has 3 heterocycles. The Bertz CT molecular complexity index is 2710. The lowest BCUT2D eigenvalue weighted by atomic mass is 9.95. The first-order valence-electron chi connectivity index (χ1n) is 16.8. The third-order valence-corrected chi connectivity index (χ3v) is 11.1. The van der Waals surface area contributed by atoms with Crippen molar-refractivity contribution in [3.8, 4) is 22.3 Å². The number of aromatic nitrogens is 1. The third-order valence-electron chi connectivity index (χ3n) is 9.96. The van der Waals surface area contributed by atoms with Gasteiger partial charge in [0.25, 0.3) is 0 Å². The van der Waals surface area contributed by atoms with Gasteiger partial charge in [0, 0.05) is 43.1 Å². The minimum absolute atomic E-state index is 0.171. The number of thiophene rings is 1. The van der Waals surface area contributed by atoms with Gasteiger partial charge in [-0.05, 0) is 52.6 Å². The van der Waals surface area contributed by atoms with Gasteiger partial charge in [0.15, 0.2) is 0 Å². The lowest BCUT2D eigenvalue weighted by molar-refractivity contribution is 0.840. The smallest absolute Gasteiger partial charge is 0.132 e. The summed E-state index contributed by atoms with van der Waals surface area (Å²) in [6.45, 7) is 2.07. The predicted molar refractivity (Wildman–Crippen MR) is 209 cm³/mol. The second-order valence-corrected chi connectivity index (χ2v) is 13.8. The van der Waals surface area contributed by atoms with E-state index in [1.54, 1.807) is 11.3 Å². The molecule has 4 heteroatoms. The first kappa shape index (κ1) is 28.1. The van der Waals surface area contributed by atoms with Gasteiger partial charge in [0.1, 0.15) is 11.0 Å². The second kappa shape index (κ2) is 11.0. The molecule has 10 rings (SSSR count). The number of benzene rings is 7. The van der Waals surface area contributed by atoms with E-state index < -0.39 is 0 Å². The van der Waals surface area contributed by atoms with Crippen molar-refractivity contribution in [3.05, 3.63) is 169 Å². The van der Waals surface area contributed by atoms with E-state index in [-0.39, 0.29) is 6.17 Å². The normalized spacial score (nSPS) is 14.1. The zero-order valence-electron chi connectivity index (χ0n) is 26.9. The van der Waals surface area contributed by atoms with Crippen molar-refractivity contribution in [1.82, 2.24) is 4.98 Å². The highest BCUT2D eigenvalue weighted by Crippen LogP contribution is 2.56. The molecule has 9 aromatic rings. The molecule has 0 amide bonds. The summed E-state index contributed by atoms with van der Waals surface area (Å²) in [5, 5.41) is 11.6. The van der Waals surface area contributed by atoms with E-state index in [0.717, 1.165) is 21.9 Å². The summed E-state index contributed by atoms with van der Waals surface area (Å²) < 4.78 is 1.26. The summed E-state index contributed by atoms with van der Waals surface area (Å²) in [6.07, 6.45) is -0.171. The van der Waals surface area contributed by atoms with Crippen LogP contribution < -0.4 is 10.2 Å². The van der Waals surface area contributed by atoms with Crippen LogP contribution >= 0.6 is 11.3 Å². The van der Waals surface area contributed by atoms with Crippen LogP contribution in [0.3, 0.4) is 0 Å². The Balaban J connectivity index is 1.32.